The fourth-order valence-corrected chi connectivity index (χ4v) is 5.52. The number of halogens is 1. The summed E-state index contributed by atoms with van der Waals surface area (Å²) in [6.07, 6.45) is 7.18. The molecule has 0 unspecified atom stereocenters. The summed E-state index contributed by atoms with van der Waals surface area (Å²) in [5.74, 6) is 2.50. The Balaban J connectivity index is 0.00000132. The van der Waals surface area contributed by atoms with E-state index in [0.717, 1.165) is 17.8 Å². The van der Waals surface area contributed by atoms with Gasteiger partial charge in [-0.3, -0.25) is 0 Å². The fraction of sp³-hybridized carbons (Fsp3) is 0.933. The average Bonchev–Trinajstić information content (AvgIpc) is 2.72. The van der Waals surface area contributed by atoms with Crippen LogP contribution in [0.4, 0.5) is 4.79 Å². The number of amides is 2. The Morgan fingerprint density at radius 2 is 1.62 bits per heavy atom. The van der Waals surface area contributed by atoms with Gasteiger partial charge in [0.25, 0.3) is 0 Å². The fourth-order valence-electron chi connectivity index (χ4n) is 5.52. The van der Waals surface area contributed by atoms with Crippen LogP contribution < -0.4 is 16.0 Å². The molecule has 5 fully saturated rings. The van der Waals surface area contributed by atoms with E-state index < -0.39 is 6.10 Å². The maximum Gasteiger partial charge on any atom is 0.315 e. The minimum Gasteiger partial charge on any atom is -0.390 e. The van der Waals surface area contributed by atoms with Crippen molar-refractivity contribution in [1.82, 2.24) is 16.0 Å². The molecule has 4 saturated carbocycles. The molecule has 0 aromatic carbocycles. The van der Waals surface area contributed by atoms with E-state index in [9.17, 15) is 9.90 Å². The lowest BCUT2D eigenvalue weighted by molar-refractivity contribution is -0.0138. The SMILES string of the molecule is Cl.O=C(N[C@@H]1CNC[C@H]1O)NC12CC3CC(CC(C3)C1)C2. The van der Waals surface area contributed by atoms with Crippen molar-refractivity contribution < 1.29 is 9.90 Å². The molecule has 1 aliphatic heterocycles. The van der Waals surface area contributed by atoms with Crippen LogP contribution in [0.5, 0.6) is 0 Å². The van der Waals surface area contributed by atoms with Crippen molar-refractivity contribution in [1.29, 1.82) is 0 Å². The molecule has 120 valence electrons. The first-order chi connectivity index (χ1) is 9.62. The molecule has 1 saturated heterocycles. The van der Waals surface area contributed by atoms with Crippen LogP contribution in [-0.2, 0) is 0 Å². The summed E-state index contributed by atoms with van der Waals surface area (Å²) in [6.45, 7) is 1.23. The molecule has 0 aromatic rings. The number of rotatable bonds is 2. The van der Waals surface area contributed by atoms with Crippen molar-refractivity contribution >= 4 is 18.4 Å². The van der Waals surface area contributed by atoms with E-state index >= 15 is 0 Å². The Morgan fingerprint density at radius 1 is 1.05 bits per heavy atom. The molecule has 0 radical (unpaired) electrons. The van der Waals surface area contributed by atoms with Crippen LogP contribution in [0.3, 0.4) is 0 Å². The molecule has 2 atom stereocenters. The second-order valence-corrected chi connectivity index (χ2v) is 7.63. The Kier molecular flexibility index (Phi) is 4.10. The van der Waals surface area contributed by atoms with Gasteiger partial charge in [0, 0.05) is 18.6 Å². The zero-order chi connectivity index (χ0) is 13.7. The van der Waals surface area contributed by atoms with E-state index in [4.69, 9.17) is 0 Å². The molecular formula is C15H26ClN3O2. The summed E-state index contributed by atoms with van der Waals surface area (Å²) in [5, 5.41) is 19.1. The molecule has 5 rings (SSSR count). The first-order valence-electron chi connectivity index (χ1n) is 8.09. The lowest BCUT2D eigenvalue weighted by atomic mass is 9.53. The third-order valence-corrected chi connectivity index (χ3v) is 5.92. The van der Waals surface area contributed by atoms with Gasteiger partial charge in [0.1, 0.15) is 0 Å². The molecule has 4 N–H and O–H groups in total. The van der Waals surface area contributed by atoms with Gasteiger partial charge in [0.05, 0.1) is 12.1 Å². The summed E-state index contributed by atoms with van der Waals surface area (Å²) < 4.78 is 0. The second kappa shape index (κ2) is 5.60. The van der Waals surface area contributed by atoms with Crippen molar-refractivity contribution in [2.75, 3.05) is 13.1 Å². The van der Waals surface area contributed by atoms with Crippen LogP contribution in [0.1, 0.15) is 38.5 Å². The van der Waals surface area contributed by atoms with Crippen molar-refractivity contribution in [3.63, 3.8) is 0 Å². The van der Waals surface area contributed by atoms with Crippen molar-refractivity contribution in [3.8, 4) is 0 Å². The Labute approximate surface area is 132 Å². The van der Waals surface area contributed by atoms with Crippen molar-refractivity contribution in [2.45, 2.75) is 56.2 Å². The number of nitrogens with one attached hydrogen (secondary N) is 3. The van der Waals surface area contributed by atoms with Gasteiger partial charge in [0.2, 0.25) is 0 Å². The molecule has 2 amide bonds. The number of hydrogen-bond donors (Lipinski definition) is 4. The Bertz CT molecular complexity index is 382. The lowest BCUT2D eigenvalue weighted by Gasteiger charge is -2.56. The number of urea groups is 1. The molecule has 5 nitrogen and oxygen atoms in total. The Morgan fingerprint density at radius 3 is 2.10 bits per heavy atom. The second-order valence-electron chi connectivity index (χ2n) is 7.63. The molecule has 1 heterocycles. The topological polar surface area (TPSA) is 73.4 Å². The van der Waals surface area contributed by atoms with Crippen LogP contribution in [-0.4, -0.2) is 41.9 Å². The van der Waals surface area contributed by atoms with E-state index in [1.807, 2.05) is 0 Å². The number of aliphatic hydroxyl groups excluding tert-OH is 1. The van der Waals surface area contributed by atoms with Gasteiger partial charge in [-0.05, 0) is 56.3 Å². The number of aliphatic hydroxyl groups is 1. The Hall–Kier alpha value is -0.520. The third kappa shape index (κ3) is 2.88. The summed E-state index contributed by atoms with van der Waals surface area (Å²) in [5.41, 5.74) is 0.0514. The average molecular weight is 316 g/mol. The molecule has 0 aromatic heterocycles. The van der Waals surface area contributed by atoms with Crippen LogP contribution in [0.2, 0.25) is 0 Å². The van der Waals surface area contributed by atoms with Crippen LogP contribution in [0.15, 0.2) is 0 Å². The van der Waals surface area contributed by atoms with Crippen LogP contribution in [0, 0.1) is 17.8 Å². The first-order valence-corrected chi connectivity index (χ1v) is 8.09. The predicted molar refractivity (Wildman–Crippen MR) is 82.5 cm³/mol. The summed E-state index contributed by atoms with van der Waals surface area (Å²) in [6, 6.07) is -0.233. The molecule has 6 heteroatoms. The van der Waals surface area contributed by atoms with Gasteiger partial charge < -0.3 is 21.1 Å². The minimum atomic E-state index is -0.461. The monoisotopic (exact) mass is 315 g/mol. The van der Waals surface area contributed by atoms with E-state index in [2.05, 4.69) is 16.0 Å². The zero-order valence-corrected chi connectivity index (χ0v) is 13.1. The number of carbonyl (C=O) groups excluding carboxylic acids is 1. The molecule has 5 aliphatic rings. The number of β-amino-alcohol motifs (C(OH)–C–C–N with tert-alkyl or cyclic N) is 1. The van der Waals surface area contributed by atoms with Gasteiger partial charge in [-0.25, -0.2) is 4.79 Å². The zero-order valence-electron chi connectivity index (χ0n) is 12.3. The predicted octanol–water partition coefficient (Wildman–Crippen LogP) is 1.01. The lowest BCUT2D eigenvalue weighted by Crippen LogP contribution is -2.62. The molecule has 21 heavy (non-hydrogen) atoms. The van der Waals surface area contributed by atoms with E-state index in [-0.39, 0.29) is 30.0 Å². The summed E-state index contributed by atoms with van der Waals surface area (Å²) in [7, 11) is 0. The van der Waals surface area contributed by atoms with Gasteiger partial charge in [0.15, 0.2) is 0 Å². The highest BCUT2D eigenvalue weighted by Gasteiger charge is 2.51. The minimum absolute atomic E-state index is 0. The number of carbonyl (C=O) groups is 1. The van der Waals surface area contributed by atoms with Crippen molar-refractivity contribution in [2.24, 2.45) is 17.8 Å². The van der Waals surface area contributed by atoms with Gasteiger partial charge in [-0.2, -0.15) is 0 Å². The maximum absolute atomic E-state index is 12.3. The maximum atomic E-state index is 12.3. The van der Waals surface area contributed by atoms with Crippen molar-refractivity contribution in [3.05, 3.63) is 0 Å². The van der Waals surface area contributed by atoms with Gasteiger partial charge in [-0.15, -0.1) is 12.4 Å². The smallest absolute Gasteiger partial charge is 0.315 e. The first kappa shape index (κ1) is 15.4. The highest BCUT2D eigenvalue weighted by molar-refractivity contribution is 5.85. The standard InChI is InChI=1S/C15H25N3O2.ClH/c19-13-8-16-7-12(13)17-14(20)18-15-4-9-1-10(5-15)3-11(2-9)6-15;/h9-13,16,19H,1-8H2,(H2,17,18,20);1H/t9?,10?,11?,12-,13-,15?;/m1./s1. The van der Waals surface area contributed by atoms with E-state index in [1.54, 1.807) is 0 Å². The van der Waals surface area contributed by atoms with E-state index in [1.165, 1.54) is 38.5 Å². The number of hydrogen-bond acceptors (Lipinski definition) is 3. The van der Waals surface area contributed by atoms with Gasteiger partial charge in [-0.1, -0.05) is 0 Å². The third-order valence-electron chi connectivity index (χ3n) is 5.92. The highest BCUT2D eigenvalue weighted by atomic mass is 35.5. The van der Waals surface area contributed by atoms with E-state index in [0.29, 0.717) is 13.1 Å². The van der Waals surface area contributed by atoms with Gasteiger partial charge >= 0.3 is 6.03 Å². The molecule has 0 spiro atoms. The quantitative estimate of drug-likeness (QED) is 0.614. The highest BCUT2D eigenvalue weighted by Crippen LogP contribution is 2.55. The van der Waals surface area contributed by atoms with Crippen LogP contribution in [0.25, 0.3) is 0 Å². The summed E-state index contributed by atoms with van der Waals surface area (Å²) in [4.78, 5) is 12.3. The summed E-state index contributed by atoms with van der Waals surface area (Å²) >= 11 is 0. The molecule has 4 bridgehead atoms. The molecular weight excluding hydrogens is 290 g/mol. The molecule has 4 aliphatic carbocycles. The largest absolute Gasteiger partial charge is 0.390 e. The van der Waals surface area contributed by atoms with Crippen LogP contribution >= 0.6 is 12.4 Å². The normalized spacial score (nSPS) is 47.0.